The molecule has 0 spiro atoms. The van der Waals surface area contributed by atoms with Crippen molar-refractivity contribution < 1.29 is 9.53 Å². The quantitative estimate of drug-likeness (QED) is 0.844. The number of methoxy groups -OCH3 is 1. The molecule has 104 valence electrons. The molecule has 2 aromatic rings. The highest BCUT2D eigenvalue weighted by Gasteiger charge is 2.28. The van der Waals surface area contributed by atoms with E-state index in [0.717, 1.165) is 13.0 Å². The first-order valence-electron chi connectivity index (χ1n) is 6.54. The second kappa shape index (κ2) is 4.96. The third kappa shape index (κ3) is 2.03. The summed E-state index contributed by atoms with van der Waals surface area (Å²) in [5.74, 6) is 0.164. The number of hydrogen-bond donors (Lipinski definition) is 1. The van der Waals surface area contributed by atoms with E-state index in [0.29, 0.717) is 5.82 Å². The summed E-state index contributed by atoms with van der Waals surface area (Å²) in [6, 6.07) is 8.44. The van der Waals surface area contributed by atoms with E-state index in [9.17, 15) is 4.79 Å². The SMILES string of the molecule is COC(=O)c1nnn2c1NCCC2c1ccc(C)cc1. The fourth-order valence-electron chi connectivity index (χ4n) is 2.46. The van der Waals surface area contributed by atoms with Crippen LogP contribution in [0.5, 0.6) is 0 Å². The molecule has 1 unspecified atom stereocenters. The molecule has 0 radical (unpaired) electrons. The van der Waals surface area contributed by atoms with Crippen LogP contribution in [-0.2, 0) is 4.74 Å². The van der Waals surface area contributed by atoms with E-state index in [1.807, 2.05) is 0 Å². The number of anilines is 1. The molecular formula is C14H16N4O2. The van der Waals surface area contributed by atoms with Gasteiger partial charge in [-0.2, -0.15) is 0 Å². The minimum atomic E-state index is -0.469. The van der Waals surface area contributed by atoms with Gasteiger partial charge in [-0.25, -0.2) is 9.48 Å². The lowest BCUT2D eigenvalue weighted by molar-refractivity contribution is 0.0595. The molecule has 3 rings (SSSR count). The molecule has 0 saturated heterocycles. The second-order valence-corrected chi connectivity index (χ2v) is 4.86. The first-order valence-corrected chi connectivity index (χ1v) is 6.54. The van der Waals surface area contributed by atoms with E-state index in [2.05, 4.69) is 46.8 Å². The molecule has 0 aliphatic carbocycles. The summed E-state index contributed by atoms with van der Waals surface area (Å²) in [6.07, 6.45) is 0.903. The predicted molar refractivity (Wildman–Crippen MR) is 73.8 cm³/mol. The zero-order valence-corrected chi connectivity index (χ0v) is 11.5. The molecule has 6 nitrogen and oxygen atoms in total. The van der Waals surface area contributed by atoms with Crippen molar-refractivity contribution in [3.8, 4) is 0 Å². The predicted octanol–water partition coefficient (Wildman–Crippen LogP) is 1.78. The van der Waals surface area contributed by atoms with Crippen molar-refractivity contribution in [2.75, 3.05) is 19.0 Å². The molecular weight excluding hydrogens is 256 g/mol. The highest BCUT2D eigenvalue weighted by atomic mass is 16.5. The van der Waals surface area contributed by atoms with Crippen LogP contribution in [0.25, 0.3) is 0 Å². The largest absolute Gasteiger partial charge is 0.464 e. The van der Waals surface area contributed by atoms with E-state index in [4.69, 9.17) is 4.74 Å². The fraction of sp³-hybridized carbons (Fsp3) is 0.357. The zero-order chi connectivity index (χ0) is 14.1. The molecule has 1 aromatic carbocycles. The summed E-state index contributed by atoms with van der Waals surface area (Å²) in [6.45, 7) is 2.83. The van der Waals surface area contributed by atoms with Crippen molar-refractivity contribution in [1.29, 1.82) is 0 Å². The number of aromatic nitrogens is 3. The van der Waals surface area contributed by atoms with Gasteiger partial charge < -0.3 is 10.1 Å². The van der Waals surface area contributed by atoms with Crippen molar-refractivity contribution in [2.24, 2.45) is 0 Å². The molecule has 0 bridgehead atoms. The lowest BCUT2D eigenvalue weighted by atomic mass is 10.0. The van der Waals surface area contributed by atoms with Crippen LogP contribution in [-0.4, -0.2) is 34.6 Å². The van der Waals surface area contributed by atoms with Gasteiger partial charge in [-0.3, -0.25) is 0 Å². The number of esters is 1. The monoisotopic (exact) mass is 272 g/mol. The molecule has 2 heterocycles. The van der Waals surface area contributed by atoms with Crippen LogP contribution in [0.3, 0.4) is 0 Å². The van der Waals surface area contributed by atoms with Crippen LogP contribution < -0.4 is 5.32 Å². The first kappa shape index (κ1) is 12.7. The third-order valence-electron chi connectivity index (χ3n) is 3.54. The number of nitrogens with zero attached hydrogens (tertiary/aromatic N) is 3. The molecule has 1 atom stereocenters. The number of benzene rings is 1. The van der Waals surface area contributed by atoms with Gasteiger partial charge in [0.2, 0.25) is 5.69 Å². The van der Waals surface area contributed by atoms with Crippen molar-refractivity contribution in [1.82, 2.24) is 15.0 Å². The standard InChI is InChI=1S/C14H16N4O2/c1-9-3-5-10(6-4-9)11-7-8-15-13-12(14(19)20-2)16-17-18(11)13/h3-6,11,15H,7-8H2,1-2H3. The van der Waals surface area contributed by atoms with Crippen molar-refractivity contribution >= 4 is 11.8 Å². The summed E-state index contributed by atoms with van der Waals surface area (Å²) in [5, 5.41) is 11.2. The highest BCUT2D eigenvalue weighted by Crippen LogP contribution is 2.30. The average molecular weight is 272 g/mol. The number of fused-ring (bicyclic) bond motifs is 1. The Morgan fingerprint density at radius 2 is 2.15 bits per heavy atom. The molecule has 20 heavy (non-hydrogen) atoms. The van der Waals surface area contributed by atoms with E-state index in [1.165, 1.54) is 18.2 Å². The molecule has 0 saturated carbocycles. The van der Waals surface area contributed by atoms with Gasteiger partial charge in [0.25, 0.3) is 0 Å². The lowest BCUT2D eigenvalue weighted by Gasteiger charge is -2.25. The topological polar surface area (TPSA) is 69.0 Å². The Balaban J connectivity index is 2.00. The Labute approximate surface area is 116 Å². The van der Waals surface area contributed by atoms with Gasteiger partial charge in [0.1, 0.15) is 0 Å². The van der Waals surface area contributed by atoms with Gasteiger partial charge in [-0.05, 0) is 18.9 Å². The van der Waals surface area contributed by atoms with E-state index in [1.54, 1.807) is 4.68 Å². The maximum Gasteiger partial charge on any atom is 0.362 e. The maximum atomic E-state index is 11.7. The first-order chi connectivity index (χ1) is 9.70. The van der Waals surface area contributed by atoms with Gasteiger partial charge in [0.15, 0.2) is 5.82 Å². The van der Waals surface area contributed by atoms with Gasteiger partial charge in [0.05, 0.1) is 13.2 Å². The molecule has 0 amide bonds. The Bertz CT molecular complexity index is 633. The Hall–Kier alpha value is -2.37. The highest BCUT2D eigenvalue weighted by molar-refractivity contribution is 5.92. The van der Waals surface area contributed by atoms with Crippen LogP contribution in [0.4, 0.5) is 5.82 Å². The van der Waals surface area contributed by atoms with E-state index >= 15 is 0 Å². The third-order valence-corrected chi connectivity index (χ3v) is 3.54. The normalized spacial score (nSPS) is 17.2. The van der Waals surface area contributed by atoms with Crippen LogP contribution in [0.2, 0.25) is 0 Å². The fourth-order valence-corrected chi connectivity index (χ4v) is 2.46. The molecule has 0 fully saturated rings. The van der Waals surface area contributed by atoms with Crippen molar-refractivity contribution in [2.45, 2.75) is 19.4 Å². The summed E-state index contributed by atoms with van der Waals surface area (Å²) in [4.78, 5) is 11.7. The van der Waals surface area contributed by atoms with Gasteiger partial charge in [-0.15, -0.1) is 5.10 Å². The minimum absolute atomic E-state index is 0.0951. The number of carbonyl (C=O) groups is 1. The van der Waals surface area contributed by atoms with Gasteiger partial charge >= 0.3 is 5.97 Å². The lowest BCUT2D eigenvalue weighted by Crippen LogP contribution is -2.25. The van der Waals surface area contributed by atoms with E-state index < -0.39 is 5.97 Å². The Morgan fingerprint density at radius 1 is 1.40 bits per heavy atom. The van der Waals surface area contributed by atoms with Crippen LogP contribution in [0.1, 0.15) is 34.1 Å². The second-order valence-electron chi connectivity index (χ2n) is 4.86. The summed E-state index contributed by atoms with van der Waals surface area (Å²) < 4.78 is 6.49. The van der Waals surface area contributed by atoms with Crippen LogP contribution >= 0.6 is 0 Å². The minimum Gasteiger partial charge on any atom is -0.464 e. The number of nitrogens with one attached hydrogen (secondary N) is 1. The van der Waals surface area contributed by atoms with Crippen molar-refractivity contribution in [3.05, 3.63) is 41.1 Å². The Kier molecular flexibility index (Phi) is 3.14. The number of carbonyl (C=O) groups excluding carboxylic acids is 1. The molecule has 1 N–H and O–H groups in total. The number of rotatable bonds is 2. The Morgan fingerprint density at radius 3 is 2.85 bits per heavy atom. The summed E-state index contributed by atoms with van der Waals surface area (Å²) in [7, 11) is 1.34. The zero-order valence-electron chi connectivity index (χ0n) is 11.5. The molecule has 1 aromatic heterocycles. The summed E-state index contributed by atoms with van der Waals surface area (Å²) in [5.41, 5.74) is 2.63. The number of hydrogen-bond acceptors (Lipinski definition) is 5. The maximum absolute atomic E-state index is 11.7. The molecule has 6 heteroatoms. The van der Waals surface area contributed by atoms with Gasteiger partial charge in [-0.1, -0.05) is 35.0 Å². The number of aryl methyl sites for hydroxylation is 1. The molecule has 1 aliphatic heterocycles. The van der Waals surface area contributed by atoms with E-state index in [-0.39, 0.29) is 11.7 Å². The van der Waals surface area contributed by atoms with Crippen LogP contribution in [0.15, 0.2) is 24.3 Å². The number of ether oxygens (including phenoxy) is 1. The van der Waals surface area contributed by atoms with Crippen molar-refractivity contribution in [3.63, 3.8) is 0 Å². The summed E-state index contributed by atoms with van der Waals surface area (Å²) >= 11 is 0. The van der Waals surface area contributed by atoms with Crippen LogP contribution in [0, 0.1) is 6.92 Å². The smallest absolute Gasteiger partial charge is 0.362 e. The van der Waals surface area contributed by atoms with Gasteiger partial charge in [0, 0.05) is 6.54 Å². The average Bonchev–Trinajstić information content (AvgIpc) is 2.91. The molecule has 1 aliphatic rings.